The number of hydrogen-bond donors (Lipinski definition) is 6. The fraction of sp³-hybridized carbons (Fsp3) is 0.649. The van der Waals surface area contributed by atoms with Crippen LogP contribution in [-0.2, 0) is 28.7 Å². The van der Waals surface area contributed by atoms with E-state index in [2.05, 4.69) is 24.1 Å². The lowest BCUT2D eigenvalue weighted by Gasteiger charge is -2.62. The second kappa shape index (κ2) is 27.5. The van der Waals surface area contributed by atoms with Crippen molar-refractivity contribution in [2.45, 2.75) is 76.0 Å². The van der Waals surface area contributed by atoms with Crippen LogP contribution in [0.25, 0.3) is 0 Å². The number of benzene rings is 2. The molecule has 4 saturated carbocycles. The molecule has 22 heteroatoms. The normalized spacial score (nSPS) is 25.4. The quantitative estimate of drug-likeness (QED) is 0.0342. The van der Waals surface area contributed by atoms with E-state index in [4.69, 9.17) is 29.7 Å². The van der Waals surface area contributed by atoms with Gasteiger partial charge < -0.3 is 60.2 Å². The van der Waals surface area contributed by atoms with Gasteiger partial charge in [0.2, 0.25) is 11.7 Å². The fourth-order valence-electron chi connectivity index (χ4n) is 12.7. The maximum absolute atomic E-state index is 14.4. The fourth-order valence-corrected chi connectivity index (χ4v) is 12.7. The third-order valence-corrected chi connectivity index (χ3v) is 16.7. The molecule has 2 amide bonds. The van der Waals surface area contributed by atoms with Crippen LogP contribution in [0.5, 0.6) is 17.2 Å². The molecule has 0 unspecified atom stereocenters. The van der Waals surface area contributed by atoms with Crippen LogP contribution in [0, 0.1) is 23.7 Å². The number of carboxylic acid groups (broad SMARTS) is 3. The monoisotopic (exact) mass is 1100 g/mol. The van der Waals surface area contributed by atoms with Crippen molar-refractivity contribution in [3.63, 3.8) is 0 Å². The van der Waals surface area contributed by atoms with Crippen molar-refractivity contribution in [2.24, 2.45) is 34.4 Å². The summed E-state index contributed by atoms with van der Waals surface area (Å²) in [5.74, 6) is -1.99. The van der Waals surface area contributed by atoms with Crippen molar-refractivity contribution in [3.8, 4) is 17.2 Å². The zero-order valence-electron chi connectivity index (χ0n) is 47.1. The number of carbonyl (C=O) groups is 5. The number of ether oxygens (including phenoxy) is 4. The summed E-state index contributed by atoms with van der Waals surface area (Å²) in [6.07, 6.45) is 8.01. The highest BCUT2D eigenvalue weighted by Gasteiger charge is 2.72. The summed E-state index contributed by atoms with van der Waals surface area (Å²) in [6, 6.07) is 11.2. The Kier molecular flexibility index (Phi) is 21.2. The Hall–Kier alpha value is -5.88. The van der Waals surface area contributed by atoms with E-state index in [1.807, 2.05) is 36.2 Å². The van der Waals surface area contributed by atoms with Gasteiger partial charge in [0.25, 0.3) is 5.91 Å². The SMILES string of the molecule is COc1cccc(OC)c1C(C=C(N)C(=O)NC1([C@]2(O)CO2)C2CC3CC(C2)CC1C3)=Nc1ccc(OCCCN(C)CCCN(C)C(=O)CN2CCN(CC(=O)O)CCN(CC(=O)O)CCN(CC(=O)O)CC2)cc1C(C)C. The van der Waals surface area contributed by atoms with E-state index in [1.165, 1.54) is 6.42 Å². The van der Waals surface area contributed by atoms with Gasteiger partial charge in [-0.05, 0) is 130 Å². The Morgan fingerprint density at radius 2 is 1.25 bits per heavy atom. The number of epoxide rings is 1. The number of nitrogens with zero attached hydrogens (tertiary/aromatic N) is 7. The number of methoxy groups -OCH3 is 2. The molecule has 6 fully saturated rings. The molecule has 8 rings (SSSR count). The van der Waals surface area contributed by atoms with Gasteiger partial charge in [-0.15, -0.1) is 0 Å². The van der Waals surface area contributed by atoms with Crippen LogP contribution in [0.15, 0.2) is 53.2 Å². The number of nitrogens with one attached hydrogen (secondary N) is 1. The average Bonchev–Trinajstić information content (AvgIpc) is 3.63. The second-order valence-corrected chi connectivity index (χ2v) is 22.7. The van der Waals surface area contributed by atoms with Crippen molar-refractivity contribution in [3.05, 3.63) is 59.3 Å². The van der Waals surface area contributed by atoms with Crippen molar-refractivity contribution in [1.82, 2.24) is 34.7 Å². The van der Waals surface area contributed by atoms with Gasteiger partial charge in [-0.3, -0.25) is 43.6 Å². The molecule has 4 aliphatic carbocycles. The summed E-state index contributed by atoms with van der Waals surface area (Å²) in [5.41, 5.74) is 8.19. The number of hydrogen-bond acceptors (Lipinski definition) is 17. The molecule has 1 atom stereocenters. The number of carbonyl (C=O) groups excluding carboxylic acids is 2. The first-order valence-corrected chi connectivity index (χ1v) is 27.9. The summed E-state index contributed by atoms with van der Waals surface area (Å²) in [4.78, 5) is 79.0. The number of amides is 2. The van der Waals surface area contributed by atoms with Crippen molar-refractivity contribution in [1.29, 1.82) is 0 Å². The Balaban J connectivity index is 0.941. The number of aliphatic hydroxyl groups is 1. The molecule has 4 bridgehead atoms. The smallest absolute Gasteiger partial charge is 0.317 e. The van der Waals surface area contributed by atoms with E-state index in [1.54, 1.807) is 59.1 Å². The number of aliphatic carboxylic acids is 3. The molecule has 79 heavy (non-hydrogen) atoms. The van der Waals surface area contributed by atoms with Gasteiger partial charge in [0.1, 0.15) is 29.4 Å². The van der Waals surface area contributed by atoms with Gasteiger partial charge in [-0.1, -0.05) is 19.9 Å². The van der Waals surface area contributed by atoms with Gasteiger partial charge in [-0.25, -0.2) is 4.99 Å². The summed E-state index contributed by atoms with van der Waals surface area (Å²) in [6.45, 7) is 8.76. The van der Waals surface area contributed by atoms with E-state index < -0.39 is 35.1 Å². The molecule has 22 nitrogen and oxygen atoms in total. The summed E-state index contributed by atoms with van der Waals surface area (Å²) in [5, 5.41) is 43.6. The van der Waals surface area contributed by atoms with Crippen molar-refractivity contribution >= 4 is 41.1 Å². The first kappa shape index (κ1) is 60.8. The second-order valence-electron chi connectivity index (χ2n) is 22.7. The molecule has 2 heterocycles. The molecule has 6 aliphatic rings. The van der Waals surface area contributed by atoms with Crippen molar-refractivity contribution < 1.29 is 63.3 Å². The van der Waals surface area contributed by atoms with Gasteiger partial charge in [-0.2, -0.15) is 0 Å². The van der Waals surface area contributed by atoms with Gasteiger partial charge in [0, 0.05) is 72.5 Å². The van der Waals surface area contributed by atoms with Crippen LogP contribution < -0.4 is 25.3 Å². The first-order valence-electron chi connectivity index (χ1n) is 27.9. The highest BCUT2D eigenvalue weighted by atomic mass is 16.7. The van der Waals surface area contributed by atoms with Gasteiger partial charge in [0.15, 0.2) is 0 Å². The number of aliphatic imine (C=N–C) groups is 1. The highest BCUT2D eigenvalue weighted by molar-refractivity contribution is 6.16. The molecular formula is C57H85N9O13. The predicted molar refractivity (Wildman–Crippen MR) is 296 cm³/mol. The summed E-state index contributed by atoms with van der Waals surface area (Å²) >= 11 is 0. The summed E-state index contributed by atoms with van der Waals surface area (Å²) in [7, 11) is 6.91. The number of nitrogens with two attached hydrogens (primary N) is 1. The average molecular weight is 1100 g/mol. The minimum Gasteiger partial charge on any atom is -0.496 e. The highest BCUT2D eigenvalue weighted by Crippen LogP contribution is 2.63. The molecule has 0 spiro atoms. The van der Waals surface area contributed by atoms with Crippen LogP contribution in [0.4, 0.5) is 5.69 Å². The van der Waals surface area contributed by atoms with E-state index in [-0.39, 0.29) is 62.1 Å². The largest absolute Gasteiger partial charge is 0.496 e. The molecule has 0 aromatic heterocycles. The van der Waals surface area contributed by atoms with Crippen LogP contribution in [0.1, 0.15) is 75.8 Å². The van der Waals surface area contributed by atoms with Crippen LogP contribution in [0.2, 0.25) is 0 Å². The van der Waals surface area contributed by atoms with E-state index in [0.29, 0.717) is 112 Å². The molecule has 2 aromatic rings. The lowest BCUT2D eigenvalue weighted by atomic mass is 9.47. The zero-order chi connectivity index (χ0) is 57.0. The van der Waals surface area contributed by atoms with E-state index in [9.17, 15) is 44.4 Å². The standard InChI is InChI=1S/C57H85N9O13/c1-38(2)44-31-43(78-25-9-15-61(3)14-8-16-62(4)50(67)33-63-17-19-64(34-51(68)69)21-23-66(36-53(72)73)24-22-65(20-18-63)35-52(70)71)12-13-46(44)59-47(54-48(76-5)10-7-11-49(54)77-6)32-45(58)55(74)60-57(56(75)37-79-56)41-27-39-26-40(29-41)30-42(57)28-39/h7,10-13,31-32,38-42,75H,8-9,14-30,33-37,58H2,1-6H3,(H,60,74)(H,68,69)(H,70,71)(H,72,73)/t39?,40?,41?,42?,56-,57?/m0/s1. The molecule has 436 valence electrons. The van der Waals surface area contributed by atoms with Crippen LogP contribution >= 0.6 is 0 Å². The minimum absolute atomic E-state index is 0.0284. The van der Waals surface area contributed by atoms with Crippen LogP contribution in [-0.4, -0.2) is 236 Å². The van der Waals surface area contributed by atoms with E-state index >= 15 is 0 Å². The third kappa shape index (κ3) is 15.9. The molecule has 2 aliphatic heterocycles. The van der Waals surface area contributed by atoms with Crippen LogP contribution in [0.3, 0.4) is 0 Å². The summed E-state index contributed by atoms with van der Waals surface area (Å²) < 4.78 is 23.7. The Morgan fingerprint density at radius 1 is 0.759 bits per heavy atom. The molecular weight excluding hydrogens is 1020 g/mol. The Labute approximate surface area is 464 Å². The maximum atomic E-state index is 14.4. The predicted octanol–water partition coefficient (Wildman–Crippen LogP) is 2.85. The zero-order valence-corrected chi connectivity index (χ0v) is 47.1. The van der Waals surface area contributed by atoms with E-state index in [0.717, 1.165) is 57.2 Å². The number of rotatable bonds is 26. The lowest BCUT2D eigenvalue weighted by molar-refractivity contribution is -0.177. The Morgan fingerprint density at radius 3 is 1.72 bits per heavy atom. The lowest BCUT2D eigenvalue weighted by Crippen LogP contribution is -2.73. The number of allylic oxidation sites excluding steroid dienone is 1. The molecule has 2 saturated heterocycles. The topological polar surface area (TPSA) is 276 Å². The minimum atomic E-state index is -1.42. The number of carboxylic acids is 3. The van der Waals surface area contributed by atoms with Gasteiger partial charge >= 0.3 is 17.9 Å². The van der Waals surface area contributed by atoms with Gasteiger partial charge in [0.05, 0.1) is 69.7 Å². The molecule has 7 N–H and O–H groups in total. The molecule has 2 aromatic carbocycles. The number of likely N-dealkylation sites (N-methyl/N-ethyl adjacent to an activating group) is 1. The third-order valence-electron chi connectivity index (χ3n) is 16.7. The molecule has 0 radical (unpaired) electrons. The Bertz CT molecular complexity index is 2440. The maximum Gasteiger partial charge on any atom is 0.317 e. The first-order chi connectivity index (χ1) is 37.7. The van der Waals surface area contributed by atoms with Crippen molar-refractivity contribution in [2.75, 3.05) is 140 Å².